The highest BCUT2D eigenvalue weighted by atomic mass is 15.3. The smallest absolute Gasteiger partial charge is 0.153 e. The summed E-state index contributed by atoms with van der Waals surface area (Å²) < 4.78 is 22.7. The number of nitrogen functional groups attached to an aromatic ring is 1. The first-order valence-corrected chi connectivity index (χ1v) is 3.24. The van der Waals surface area contributed by atoms with E-state index in [-0.39, 0.29) is 5.82 Å². The lowest BCUT2D eigenvalue weighted by Crippen LogP contribution is -1.90. The summed E-state index contributed by atoms with van der Waals surface area (Å²) in [5, 5.41) is 4.46. The molecule has 0 aliphatic heterocycles. The maximum atomic E-state index is 7.25. The van der Waals surface area contributed by atoms with E-state index in [1.54, 1.807) is 24.3 Å². The summed E-state index contributed by atoms with van der Waals surface area (Å²) in [7, 11) is 0. The maximum absolute atomic E-state index is 7.25. The molecule has 0 aliphatic rings. The van der Waals surface area contributed by atoms with Gasteiger partial charge in [0.1, 0.15) is 0 Å². The third-order valence-electron chi connectivity index (χ3n) is 1.62. The molecule has 0 amide bonds. The molecule has 1 aromatic heterocycles. The summed E-state index contributed by atoms with van der Waals surface area (Å²) in [4.78, 5) is 0. The van der Waals surface area contributed by atoms with Crippen molar-refractivity contribution in [2.45, 2.75) is 0 Å². The Morgan fingerprint density at radius 3 is 3.18 bits per heavy atom. The van der Waals surface area contributed by atoms with E-state index in [1.807, 2.05) is 0 Å². The van der Waals surface area contributed by atoms with Gasteiger partial charge < -0.3 is 5.73 Å². The zero-order valence-electron chi connectivity index (χ0n) is 8.78. The molecular formula is C8H9N3. The van der Waals surface area contributed by atoms with Gasteiger partial charge in [0, 0.05) is 16.5 Å². The van der Waals surface area contributed by atoms with Crippen LogP contribution in [-0.4, -0.2) is 9.78 Å². The minimum absolute atomic E-state index is 0.247. The molecule has 2 rings (SSSR count). The molecule has 2 N–H and O–H groups in total. The van der Waals surface area contributed by atoms with Crippen molar-refractivity contribution in [2.75, 3.05) is 5.73 Å². The molecule has 0 aliphatic carbocycles. The van der Waals surface area contributed by atoms with Crippen LogP contribution in [0.2, 0.25) is 0 Å². The number of aryl methyl sites for hydroxylation is 1. The molecule has 0 unspecified atom stereocenters. The van der Waals surface area contributed by atoms with Crippen LogP contribution in [-0.2, 0) is 6.98 Å². The van der Waals surface area contributed by atoms with Gasteiger partial charge in [0.25, 0.3) is 0 Å². The largest absolute Gasteiger partial charge is 0.382 e. The Kier molecular flexibility index (Phi) is 0.678. The van der Waals surface area contributed by atoms with Crippen molar-refractivity contribution in [1.29, 1.82) is 0 Å². The van der Waals surface area contributed by atoms with E-state index in [0.717, 1.165) is 4.68 Å². The highest BCUT2D eigenvalue weighted by molar-refractivity contribution is 5.88. The average Bonchev–Trinajstić information content (AvgIpc) is 2.44. The summed E-state index contributed by atoms with van der Waals surface area (Å²) >= 11 is 0. The highest BCUT2D eigenvalue weighted by Crippen LogP contribution is 2.17. The minimum Gasteiger partial charge on any atom is -0.382 e. The number of nitrogens with zero attached hydrogens (tertiary/aromatic N) is 2. The summed E-state index contributed by atoms with van der Waals surface area (Å²) in [6, 6.07) is 6.99. The lowest BCUT2D eigenvalue weighted by molar-refractivity contribution is 0.802. The van der Waals surface area contributed by atoms with E-state index in [0.29, 0.717) is 10.9 Å². The lowest BCUT2D eigenvalue weighted by atomic mass is 10.2. The van der Waals surface area contributed by atoms with Gasteiger partial charge in [-0.3, -0.25) is 4.68 Å². The van der Waals surface area contributed by atoms with Crippen molar-refractivity contribution in [2.24, 2.45) is 6.98 Å². The summed E-state index contributed by atoms with van der Waals surface area (Å²) in [5.41, 5.74) is 6.12. The van der Waals surface area contributed by atoms with Gasteiger partial charge in [-0.05, 0) is 12.1 Å². The van der Waals surface area contributed by atoms with E-state index in [4.69, 9.17) is 9.85 Å². The Labute approximate surface area is 68.6 Å². The normalized spacial score (nSPS) is 15.8. The molecule has 0 fully saturated rings. The second-order valence-electron chi connectivity index (χ2n) is 2.31. The van der Waals surface area contributed by atoms with Crippen LogP contribution in [0.3, 0.4) is 0 Å². The van der Waals surface area contributed by atoms with Gasteiger partial charge in [-0.2, -0.15) is 5.10 Å². The zero-order chi connectivity index (χ0) is 10.3. The van der Waals surface area contributed by atoms with Crippen molar-refractivity contribution < 1.29 is 4.11 Å². The summed E-state index contributed by atoms with van der Waals surface area (Å²) in [5.74, 6) is 0.247. The van der Waals surface area contributed by atoms with Gasteiger partial charge in [0.2, 0.25) is 0 Å². The molecule has 3 nitrogen and oxygen atoms in total. The number of benzene rings is 1. The molecule has 56 valence electrons. The van der Waals surface area contributed by atoms with Crippen molar-refractivity contribution in [1.82, 2.24) is 9.78 Å². The van der Waals surface area contributed by atoms with Crippen molar-refractivity contribution >= 4 is 16.7 Å². The fourth-order valence-electron chi connectivity index (χ4n) is 1.09. The number of hydrogen-bond acceptors (Lipinski definition) is 2. The van der Waals surface area contributed by atoms with Gasteiger partial charge in [0.05, 0.1) is 5.52 Å². The molecule has 3 heteroatoms. The predicted molar refractivity (Wildman–Crippen MR) is 45.1 cm³/mol. The maximum Gasteiger partial charge on any atom is 0.153 e. The Morgan fingerprint density at radius 2 is 2.36 bits per heavy atom. The first kappa shape index (κ1) is 3.76. The quantitative estimate of drug-likeness (QED) is 0.612. The Hall–Kier alpha value is -1.51. The van der Waals surface area contributed by atoms with Crippen LogP contribution in [0.1, 0.15) is 4.11 Å². The third-order valence-corrected chi connectivity index (χ3v) is 1.62. The van der Waals surface area contributed by atoms with Crippen LogP contribution in [0.4, 0.5) is 5.82 Å². The first-order chi connectivity index (χ1) is 6.50. The molecule has 1 heterocycles. The fourth-order valence-corrected chi connectivity index (χ4v) is 1.09. The molecule has 11 heavy (non-hydrogen) atoms. The van der Waals surface area contributed by atoms with Crippen molar-refractivity contribution in [3.63, 3.8) is 0 Å². The van der Waals surface area contributed by atoms with Crippen LogP contribution in [0, 0.1) is 0 Å². The highest BCUT2D eigenvalue weighted by Gasteiger charge is 2.01. The van der Waals surface area contributed by atoms with Gasteiger partial charge in [-0.25, -0.2) is 0 Å². The van der Waals surface area contributed by atoms with Crippen molar-refractivity contribution in [3.8, 4) is 0 Å². The van der Waals surface area contributed by atoms with E-state index in [2.05, 4.69) is 5.10 Å². The second kappa shape index (κ2) is 1.99. The molecule has 0 saturated heterocycles. The Morgan fingerprint density at radius 1 is 1.55 bits per heavy atom. The zero-order valence-corrected chi connectivity index (χ0v) is 5.78. The topological polar surface area (TPSA) is 43.8 Å². The number of anilines is 1. The summed E-state index contributed by atoms with van der Waals surface area (Å²) in [6.45, 7) is -2.28. The number of nitrogens with two attached hydrogens (primary N) is 1. The SMILES string of the molecule is [2H]C([2H])([2H])n1nc(N)c2ccccc21. The standard InChI is InChI=1S/C8H9N3/c1-11-7-5-3-2-4-6(7)8(9)10-11/h2-5H,1H3,(H2,9,10)/i1D3. The van der Waals surface area contributed by atoms with Gasteiger partial charge in [-0.15, -0.1) is 0 Å². The average molecular weight is 150 g/mol. The number of hydrogen-bond donors (Lipinski definition) is 1. The van der Waals surface area contributed by atoms with Crippen molar-refractivity contribution in [3.05, 3.63) is 24.3 Å². The van der Waals surface area contributed by atoms with Gasteiger partial charge in [-0.1, -0.05) is 12.1 Å². The molecule has 0 bridgehead atoms. The third kappa shape index (κ3) is 0.774. The second-order valence-corrected chi connectivity index (χ2v) is 2.31. The van der Waals surface area contributed by atoms with Gasteiger partial charge in [0.15, 0.2) is 5.82 Å². The van der Waals surface area contributed by atoms with E-state index < -0.39 is 6.98 Å². The monoisotopic (exact) mass is 150 g/mol. The molecule has 0 atom stereocenters. The molecule has 0 saturated carbocycles. The number of para-hydroxylation sites is 1. The molecule has 1 aromatic carbocycles. The van der Waals surface area contributed by atoms with E-state index >= 15 is 0 Å². The fraction of sp³-hybridized carbons (Fsp3) is 0.125. The van der Waals surface area contributed by atoms with Crippen LogP contribution in [0.25, 0.3) is 10.9 Å². The van der Waals surface area contributed by atoms with E-state index in [9.17, 15) is 0 Å². The van der Waals surface area contributed by atoms with Crippen LogP contribution in [0.15, 0.2) is 24.3 Å². The van der Waals surface area contributed by atoms with Crippen LogP contribution < -0.4 is 5.73 Å². The van der Waals surface area contributed by atoms with Crippen LogP contribution in [0.5, 0.6) is 0 Å². The first-order valence-electron chi connectivity index (χ1n) is 4.74. The van der Waals surface area contributed by atoms with Crippen LogP contribution >= 0.6 is 0 Å². The number of rotatable bonds is 0. The molecular weight excluding hydrogens is 138 g/mol. The molecule has 0 spiro atoms. The summed E-state index contributed by atoms with van der Waals surface area (Å²) in [6.07, 6.45) is 0. The minimum atomic E-state index is -2.28. The molecule has 2 aromatic rings. The predicted octanol–water partition coefficient (Wildman–Crippen LogP) is 1.16. The lowest BCUT2D eigenvalue weighted by Gasteiger charge is -1.89. The number of fused-ring (bicyclic) bond motifs is 1. The Balaban J connectivity index is 2.80. The van der Waals surface area contributed by atoms with E-state index in [1.165, 1.54) is 0 Å². The number of aromatic nitrogens is 2. The Bertz CT molecular complexity index is 472. The van der Waals surface area contributed by atoms with Gasteiger partial charge >= 0.3 is 0 Å². The molecule has 0 radical (unpaired) electrons.